The Balaban J connectivity index is 2.94. The average Bonchev–Trinajstić information content (AvgIpc) is 1.99. The largest absolute Gasteiger partial charge is 0.507 e. The Labute approximate surface area is 93.6 Å². The van der Waals surface area contributed by atoms with Crippen LogP contribution < -0.4 is 0 Å². The Morgan fingerprint density at radius 3 is 2.21 bits per heavy atom. The second-order valence-electron chi connectivity index (χ2n) is 3.33. The molecule has 0 heterocycles. The first-order chi connectivity index (χ1) is 6.58. The molecule has 0 saturated carbocycles. The van der Waals surface area contributed by atoms with E-state index in [0.29, 0.717) is 0 Å². The Morgan fingerprint density at radius 1 is 1.00 bits per heavy atom. The Kier molecular flexibility index (Phi) is 2.37. The number of rotatable bonds is 0. The summed E-state index contributed by atoms with van der Waals surface area (Å²) in [5.41, 5.74) is 1.03. The zero-order valence-corrected chi connectivity index (χ0v) is 9.44. The Morgan fingerprint density at radius 2 is 1.57 bits per heavy atom. The third kappa shape index (κ3) is 1.57. The number of hydrogen-bond acceptors (Lipinski definition) is 3. The van der Waals surface area contributed by atoms with E-state index >= 15 is 0 Å². The minimum Gasteiger partial charge on any atom is -0.507 e. The lowest BCUT2D eigenvalue weighted by atomic mass is 10.0. The smallest absolute Gasteiger partial charge is 0.124 e. The van der Waals surface area contributed by atoms with Crippen molar-refractivity contribution in [2.24, 2.45) is 0 Å². The maximum Gasteiger partial charge on any atom is 0.124 e. The molecule has 0 radical (unpaired) electrons. The number of aromatic hydroxyl groups is 1. The molecule has 72 valence electrons. The molecule has 14 heavy (non-hydrogen) atoms. The third-order valence-corrected chi connectivity index (χ3v) is 2.71. The predicted molar refractivity (Wildman–Crippen MR) is 64.9 cm³/mol. The molecule has 2 aromatic rings. The maximum absolute atomic E-state index is 9.75. The fourth-order valence-electron chi connectivity index (χ4n) is 1.67. The highest BCUT2D eigenvalue weighted by molar-refractivity contribution is 7.80. The van der Waals surface area contributed by atoms with E-state index < -0.39 is 0 Å². The molecule has 0 aromatic heterocycles. The van der Waals surface area contributed by atoms with Crippen LogP contribution in [0, 0.1) is 6.92 Å². The summed E-state index contributed by atoms with van der Waals surface area (Å²) in [6.45, 7) is 1.96. The molecule has 0 bridgehead atoms. The van der Waals surface area contributed by atoms with Crippen molar-refractivity contribution in [3.8, 4) is 5.75 Å². The van der Waals surface area contributed by atoms with E-state index in [1.54, 1.807) is 6.07 Å². The molecule has 0 unspecified atom stereocenters. The molecule has 3 heteroatoms. The van der Waals surface area contributed by atoms with Gasteiger partial charge in [-0.1, -0.05) is 0 Å². The molecule has 0 aliphatic heterocycles. The molecule has 1 N–H and O–H groups in total. The minimum atomic E-state index is 0.276. The van der Waals surface area contributed by atoms with Gasteiger partial charge in [0.05, 0.1) is 0 Å². The number of hydrogen-bond donors (Lipinski definition) is 3. The second kappa shape index (κ2) is 3.41. The zero-order chi connectivity index (χ0) is 10.3. The van der Waals surface area contributed by atoms with Crippen molar-refractivity contribution in [1.82, 2.24) is 0 Å². The quantitative estimate of drug-likeness (QED) is 0.583. The van der Waals surface area contributed by atoms with Crippen LogP contribution in [0.1, 0.15) is 5.56 Å². The molecule has 0 atom stereocenters. The molecule has 2 rings (SSSR count). The normalized spacial score (nSPS) is 10.8. The molecule has 0 amide bonds. The zero-order valence-electron chi connectivity index (χ0n) is 7.65. The van der Waals surface area contributed by atoms with Gasteiger partial charge in [-0.15, -0.1) is 25.3 Å². The molecule has 0 spiro atoms. The van der Waals surface area contributed by atoms with Gasteiger partial charge in [0.25, 0.3) is 0 Å². The Bertz CT molecular complexity index is 463. The monoisotopic (exact) mass is 222 g/mol. The van der Waals surface area contributed by atoms with Gasteiger partial charge in [0.2, 0.25) is 0 Å². The molecule has 0 aliphatic rings. The summed E-state index contributed by atoms with van der Waals surface area (Å²) < 4.78 is 0. The van der Waals surface area contributed by atoms with Crippen LogP contribution in [0.15, 0.2) is 34.1 Å². The lowest BCUT2D eigenvalue weighted by Crippen LogP contribution is -1.81. The SMILES string of the molecule is Cc1cc(S)cc2cc(S)cc(O)c12. The third-order valence-electron chi connectivity index (χ3n) is 2.19. The summed E-state index contributed by atoms with van der Waals surface area (Å²) in [5, 5.41) is 11.6. The van der Waals surface area contributed by atoms with Crippen molar-refractivity contribution < 1.29 is 5.11 Å². The molecule has 0 saturated heterocycles. The van der Waals surface area contributed by atoms with Crippen molar-refractivity contribution >= 4 is 36.0 Å². The highest BCUT2D eigenvalue weighted by Crippen LogP contribution is 2.32. The van der Waals surface area contributed by atoms with E-state index in [9.17, 15) is 5.11 Å². The van der Waals surface area contributed by atoms with Gasteiger partial charge in [-0.2, -0.15) is 0 Å². The minimum absolute atomic E-state index is 0.276. The number of phenols is 1. The maximum atomic E-state index is 9.75. The molecule has 1 nitrogen and oxygen atoms in total. The van der Waals surface area contributed by atoms with E-state index in [1.807, 2.05) is 25.1 Å². The molecule has 0 aliphatic carbocycles. The number of phenolic OH excluding ortho intramolecular Hbond substituents is 1. The van der Waals surface area contributed by atoms with Gasteiger partial charge in [-0.3, -0.25) is 0 Å². The van der Waals surface area contributed by atoms with Crippen LogP contribution in [-0.4, -0.2) is 5.11 Å². The summed E-state index contributed by atoms with van der Waals surface area (Å²) in [7, 11) is 0. The number of aryl methyl sites for hydroxylation is 1. The van der Waals surface area contributed by atoms with Gasteiger partial charge in [0.15, 0.2) is 0 Å². The second-order valence-corrected chi connectivity index (χ2v) is 4.36. The van der Waals surface area contributed by atoms with Gasteiger partial charge in [-0.25, -0.2) is 0 Å². The summed E-state index contributed by atoms with van der Waals surface area (Å²) >= 11 is 8.51. The Hall–Kier alpha value is -0.800. The molecular formula is C11H10OS2. The van der Waals surface area contributed by atoms with Crippen molar-refractivity contribution in [2.45, 2.75) is 16.7 Å². The van der Waals surface area contributed by atoms with Crippen molar-refractivity contribution in [3.05, 3.63) is 29.8 Å². The highest BCUT2D eigenvalue weighted by Gasteiger charge is 2.05. The van der Waals surface area contributed by atoms with Crippen LogP contribution in [-0.2, 0) is 0 Å². The standard InChI is InChI=1S/C11H10OS2/c1-6-2-8(13)3-7-4-9(14)5-10(12)11(6)7/h2-5,12-14H,1H3. The lowest BCUT2D eigenvalue weighted by molar-refractivity contribution is 0.480. The predicted octanol–water partition coefficient (Wildman–Crippen LogP) is 3.43. The van der Waals surface area contributed by atoms with Crippen LogP contribution >= 0.6 is 25.3 Å². The first kappa shape index (κ1) is 9.74. The summed E-state index contributed by atoms with van der Waals surface area (Å²) in [6.07, 6.45) is 0. The topological polar surface area (TPSA) is 20.2 Å². The highest BCUT2D eigenvalue weighted by atomic mass is 32.1. The number of fused-ring (bicyclic) bond motifs is 1. The van der Waals surface area contributed by atoms with E-state index in [1.165, 1.54) is 0 Å². The van der Waals surface area contributed by atoms with E-state index in [2.05, 4.69) is 25.3 Å². The number of thiol groups is 2. The van der Waals surface area contributed by atoms with Crippen molar-refractivity contribution in [3.63, 3.8) is 0 Å². The summed E-state index contributed by atoms with van der Waals surface area (Å²) in [6, 6.07) is 7.43. The summed E-state index contributed by atoms with van der Waals surface area (Å²) in [4.78, 5) is 1.65. The molecule has 0 fully saturated rings. The lowest BCUT2D eigenvalue weighted by Gasteiger charge is -2.06. The van der Waals surface area contributed by atoms with E-state index in [4.69, 9.17) is 0 Å². The van der Waals surface area contributed by atoms with Gasteiger partial charge in [0, 0.05) is 15.2 Å². The van der Waals surface area contributed by atoms with Crippen LogP contribution in [0.3, 0.4) is 0 Å². The van der Waals surface area contributed by atoms with Gasteiger partial charge < -0.3 is 5.11 Å². The van der Waals surface area contributed by atoms with Crippen LogP contribution in [0.2, 0.25) is 0 Å². The first-order valence-electron chi connectivity index (χ1n) is 4.23. The number of benzene rings is 2. The fraction of sp³-hybridized carbons (Fsp3) is 0.0909. The van der Waals surface area contributed by atoms with E-state index in [0.717, 1.165) is 26.1 Å². The summed E-state index contributed by atoms with van der Waals surface area (Å²) in [5.74, 6) is 0.276. The van der Waals surface area contributed by atoms with Crippen molar-refractivity contribution in [2.75, 3.05) is 0 Å². The van der Waals surface area contributed by atoms with Crippen LogP contribution in [0.4, 0.5) is 0 Å². The fourth-order valence-corrected chi connectivity index (χ4v) is 2.27. The van der Waals surface area contributed by atoms with Gasteiger partial charge in [0.1, 0.15) is 5.75 Å². The van der Waals surface area contributed by atoms with Crippen LogP contribution in [0.5, 0.6) is 5.75 Å². The first-order valence-corrected chi connectivity index (χ1v) is 5.12. The van der Waals surface area contributed by atoms with E-state index in [-0.39, 0.29) is 5.75 Å². The van der Waals surface area contributed by atoms with Gasteiger partial charge in [-0.05, 0) is 42.1 Å². The average molecular weight is 222 g/mol. The van der Waals surface area contributed by atoms with Crippen molar-refractivity contribution in [1.29, 1.82) is 0 Å². The molecule has 2 aromatic carbocycles. The molecular weight excluding hydrogens is 212 g/mol. The van der Waals surface area contributed by atoms with Crippen LogP contribution in [0.25, 0.3) is 10.8 Å². The van der Waals surface area contributed by atoms with Gasteiger partial charge >= 0.3 is 0 Å².